The Kier molecular flexibility index (Phi) is 6.41. The topological polar surface area (TPSA) is 57.8 Å². The first-order valence-electron chi connectivity index (χ1n) is 8.96. The molecule has 28 heavy (non-hydrogen) atoms. The number of rotatable bonds is 6. The van der Waals surface area contributed by atoms with Crippen molar-refractivity contribution in [3.63, 3.8) is 0 Å². The van der Waals surface area contributed by atoms with Gasteiger partial charge < -0.3 is 9.88 Å². The number of amides is 1. The molecule has 0 aliphatic rings. The second-order valence-electron chi connectivity index (χ2n) is 6.32. The van der Waals surface area contributed by atoms with Gasteiger partial charge in [0, 0.05) is 28.5 Å². The van der Waals surface area contributed by atoms with Crippen LogP contribution in [0.4, 0.5) is 0 Å². The minimum atomic E-state index is -0.300. The van der Waals surface area contributed by atoms with Crippen molar-refractivity contribution in [2.24, 2.45) is 0 Å². The molecule has 0 bridgehead atoms. The molecule has 1 aromatic heterocycles. The summed E-state index contributed by atoms with van der Waals surface area (Å²) in [5.41, 5.74) is 3.61. The molecule has 1 amide bonds. The normalized spacial score (nSPS) is 10.5. The van der Waals surface area contributed by atoms with Crippen molar-refractivity contribution in [3.05, 3.63) is 87.2 Å². The van der Waals surface area contributed by atoms with Crippen LogP contribution in [-0.4, -0.2) is 17.0 Å². The predicted octanol–water partition coefficient (Wildman–Crippen LogP) is 5.19. The predicted molar refractivity (Wildman–Crippen MR) is 112 cm³/mol. The fourth-order valence-corrected chi connectivity index (χ4v) is 3.48. The van der Waals surface area contributed by atoms with Crippen molar-refractivity contribution in [1.29, 1.82) is 5.26 Å². The van der Waals surface area contributed by atoms with Gasteiger partial charge in [-0.05, 0) is 54.3 Å². The lowest BCUT2D eigenvalue weighted by Crippen LogP contribution is -2.28. The summed E-state index contributed by atoms with van der Waals surface area (Å²) in [5.74, 6) is -0.300. The van der Waals surface area contributed by atoms with Crippen LogP contribution in [-0.2, 0) is 12.8 Å². The quantitative estimate of drug-likeness (QED) is 0.606. The van der Waals surface area contributed by atoms with E-state index in [0.717, 1.165) is 17.7 Å². The van der Waals surface area contributed by atoms with E-state index < -0.39 is 0 Å². The average molecular weight is 412 g/mol. The number of benzene rings is 2. The molecule has 0 aliphatic heterocycles. The van der Waals surface area contributed by atoms with Gasteiger partial charge in [0.25, 0.3) is 5.91 Å². The number of hydrogen-bond acceptors (Lipinski definition) is 2. The van der Waals surface area contributed by atoms with Crippen LogP contribution in [0.15, 0.2) is 54.7 Å². The molecule has 0 saturated heterocycles. The number of nitriles is 1. The lowest BCUT2D eigenvalue weighted by Gasteiger charge is -2.11. The van der Waals surface area contributed by atoms with E-state index in [2.05, 4.69) is 18.3 Å². The third kappa shape index (κ3) is 4.39. The molecule has 0 atom stereocenters. The van der Waals surface area contributed by atoms with Gasteiger partial charge in [0.15, 0.2) is 0 Å². The molecule has 2 aromatic carbocycles. The van der Waals surface area contributed by atoms with Crippen molar-refractivity contribution in [2.45, 2.75) is 19.8 Å². The highest BCUT2D eigenvalue weighted by molar-refractivity contribution is 6.35. The molecule has 0 radical (unpaired) electrons. The summed E-state index contributed by atoms with van der Waals surface area (Å²) >= 11 is 12.1. The molecule has 4 nitrogen and oxygen atoms in total. The minimum Gasteiger partial charge on any atom is -0.350 e. The molecule has 1 heterocycles. The van der Waals surface area contributed by atoms with Crippen LogP contribution in [0.5, 0.6) is 0 Å². The summed E-state index contributed by atoms with van der Waals surface area (Å²) in [7, 11) is 0. The first kappa shape index (κ1) is 20.0. The van der Waals surface area contributed by atoms with Crippen LogP contribution in [0.1, 0.15) is 34.1 Å². The standard InChI is InChI=1S/C22H19Cl2N3O/c1-2-15-3-7-19(8-4-15)27-12-10-17(14-25)21(27)22(28)26-11-9-16-5-6-18(23)13-20(16)24/h3-8,10,12-13H,2,9,11H2,1H3,(H,26,28). The van der Waals surface area contributed by atoms with Crippen LogP contribution in [0.2, 0.25) is 10.0 Å². The van der Waals surface area contributed by atoms with Crippen LogP contribution in [0.25, 0.3) is 5.69 Å². The Morgan fingerprint density at radius 1 is 1.14 bits per heavy atom. The minimum absolute atomic E-state index is 0.300. The van der Waals surface area contributed by atoms with Gasteiger partial charge >= 0.3 is 0 Å². The van der Waals surface area contributed by atoms with E-state index in [1.807, 2.05) is 30.3 Å². The first-order chi connectivity index (χ1) is 13.5. The zero-order chi connectivity index (χ0) is 20.1. The average Bonchev–Trinajstić information content (AvgIpc) is 3.14. The lowest BCUT2D eigenvalue weighted by molar-refractivity contribution is 0.0947. The summed E-state index contributed by atoms with van der Waals surface area (Å²) in [4.78, 5) is 12.8. The van der Waals surface area contributed by atoms with Crippen molar-refractivity contribution in [3.8, 4) is 11.8 Å². The molecule has 3 aromatic rings. The molecule has 6 heteroatoms. The maximum Gasteiger partial charge on any atom is 0.269 e. The van der Waals surface area contributed by atoms with Gasteiger partial charge in [-0.1, -0.05) is 48.3 Å². The van der Waals surface area contributed by atoms with E-state index in [-0.39, 0.29) is 5.91 Å². The Morgan fingerprint density at radius 3 is 2.54 bits per heavy atom. The van der Waals surface area contributed by atoms with Crippen LogP contribution >= 0.6 is 23.2 Å². The molecule has 3 rings (SSSR count). The lowest BCUT2D eigenvalue weighted by atomic mass is 10.1. The van der Waals surface area contributed by atoms with E-state index in [9.17, 15) is 10.1 Å². The van der Waals surface area contributed by atoms with Gasteiger partial charge in [0.05, 0.1) is 5.56 Å². The number of carbonyl (C=O) groups excluding carboxylic acids is 1. The Labute approximate surface area is 174 Å². The Balaban J connectivity index is 1.77. The summed E-state index contributed by atoms with van der Waals surface area (Å²) in [6.07, 6.45) is 3.25. The van der Waals surface area contributed by atoms with E-state index in [1.54, 1.807) is 29.0 Å². The Hall–Kier alpha value is -2.74. The molecule has 0 spiro atoms. The molecule has 0 aliphatic carbocycles. The molecule has 1 N–H and O–H groups in total. The highest BCUT2D eigenvalue weighted by Gasteiger charge is 2.18. The third-order valence-corrected chi connectivity index (χ3v) is 5.13. The number of hydrogen-bond donors (Lipinski definition) is 1. The molecular weight excluding hydrogens is 393 g/mol. The maximum absolute atomic E-state index is 12.8. The SMILES string of the molecule is CCc1ccc(-n2ccc(C#N)c2C(=O)NCCc2ccc(Cl)cc2Cl)cc1. The van der Waals surface area contributed by atoms with E-state index >= 15 is 0 Å². The van der Waals surface area contributed by atoms with Crippen molar-refractivity contribution in [2.75, 3.05) is 6.54 Å². The maximum atomic E-state index is 12.8. The van der Waals surface area contributed by atoms with Gasteiger partial charge in [-0.25, -0.2) is 0 Å². The number of carbonyl (C=O) groups is 1. The second-order valence-corrected chi connectivity index (χ2v) is 7.17. The smallest absolute Gasteiger partial charge is 0.269 e. The highest BCUT2D eigenvalue weighted by atomic mass is 35.5. The zero-order valence-corrected chi connectivity index (χ0v) is 16.9. The van der Waals surface area contributed by atoms with Gasteiger partial charge in [-0.2, -0.15) is 5.26 Å². The van der Waals surface area contributed by atoms with Crippen LogP contribution in [0, 0.1) is 11.3 Å². The van der Waals surface area contributed by atoms with Gasteiger partial charge in [0.1, 0.15) is 11.8 Å². The third-order valence-electron chi connectivity index (χ3n) is 4.54. The zero-order valence-electron chi connectivity index (χ0n) is 15.4. The van der Waals surface area contributed by atoms with Crippen LogP contribution in [0.3, 0.4) is 0 Å². The number of nitrogens with one attached hydrogen (secondary N) is 1. The van der Waals surface area contributed by atoms with Crippen LogP contribution < -0.4 is 5.32 Å². The number of aryl methyl sites for hydroxylation is 1. The molecule has 0 saturated carbocycles. The van der Waals surface area contributed by atoms with Crippen molar-refractivity contribution < 1.29 is 4.79 Å². The van der Waals surface area contributed by atoms with Gasteiger partial charge in [0.2, 0.25) is 0 Å². The molecule has 142 valence electrons. The summed E-state index contributed by atoms with van der Waals surface area (Å²) in [6.45, 7) is 2.48. The summed E-state index contributed by atoms with van der Waals surface area (Å²) < 4.78 is 1.74. The highest BCUT2D eigenvalue weighted by Crippen LogP contribution is 2.21. The number of nitrogens with zero attached hydrogens (tertiary/aromatic N) is 2. The summed E-state index contributed by atoms with van der Waals surface area (Å²) in [5, 5.41) is 13.4. The number of halogens is 2. The first-order valence-corrected chi connectivity index (χ1v) is 9.72. The Morgan fingerprint density at radius 2 is 1.89 bits per heavy atom. The van der Waals surface area contributed by atoms with Gasteiger partial charge in [-0.3, -0.25) is 4.79 Å². The Bertz CT molecular complexity index is 1030. The largest absolute Gasteiger partial charge is 0.350 e. The molecule has 0 unspecified atom stereocenters. The molecular formula is C22H19Cl2N3O. The fourth-order valence-electron chi connectivity index (χ4n) is 2.98. The van der Waals surface area contributed by atoms with Crippen molar-refractivity contribution >= 4 is 29.1 Å². The van der Waals surface area contributed by atoms with E-state index in [4.69, 9.17) is 23.2 Å². The monoisotopic (exact) mass is 411 g/mol. The second kappa shape index (κ2) is 8.97. The number of aromatic nitrogens is 1. The van der Waals surface area contributed by atoms with E-state index in [1.165, 1.54) is 5.56 Å². The van der Waals surface area contributed by atoms with Crippen molar-refractivity contribution in [1.82, 2.24) is 9.88 Å². The van der Waals surface area contributed by atoms with Gasteiger partial charge in [-0.15, -0.1) is 0 Å². The summed E-state index contributed by atoms with van der Waals surface area (Å²) in [6, 6.07) is 17.0. The van der Waals surface area contributed by atoms with E-state index in [0.29, 0.717) is 34.3 Å². The fraction of sp³-hybridized carbons (Fsp3) is 0.182. The molecule has 0 fully saturated rings.